The third-order valence-electron chi connectivity index (χ3n) is 5.25. The molecule has 2 heterocycles. The number of hydrogen-bond acceptors (Lipinski definition) is 4. The molecule has 1 saturated heterocycles. The molecular weight excluding hydrogens is 301 g/mol. The SMILES string of the molecule is Cc1onc(-c2ccc(C(C)C)cc2)c1B1OC(C)(C)C(C)(C)O1. The van der Waals surface area contributed by atoms with Gasteiger partial charge in [-0.1, -0.05) is 43.3 Å². The maximum absolute atomic E-state index is 6.19. The molecule has 0 radical (unpaired) electrons. The zero-order chi connectivity index (χ0) is 17.7. The quantitative estimate of drug-likeness (QED) is 0.797. The first kappa shape index (κ1) is 17.2. The van der Waals surface area contributed by atoms with Crippen molar-refractivity contribution >= 4 is 12.6 Å². The summed E-state index contributed by atoms with van der Waals surface area (Å²) in [5, 5.41) is 4.27. The van der Waals surface area contributed by atoms with Crippen molar-refractivity contribution in [3.63, 3.8) is 0 Å². The lowest BCUT2D eigenvalue weighted by Gasteiger charge is -2.32. The van der Waals surface area contributed by atoms with Gasteiger partial charge >= 0.3 is 7.12 Å². The van der Waals surface area contributed by atoms with Gasteiger partial charge in [0.15, 0.2) is 0 Å². The van der Waals surface area contributed by atoms with E-state index in [1.54, 1.807) is 0 Å². The van der Waals surface area contributed by atoms with Crippen molar-refractivity contribution in [1.82, 2.24) is 5.16 Å². The van der Waals surface area contributed by atoms with Crippen molar-refractivity contribution in [2.75, 3.05) is 0 Å². The molecule has 0 spiro atoms. The summed E-state index contributed by atoms with van der Waals surface area (Å²) in [6.45, 7) is 14.5. The molecule has 0 bridgehead atoms. The first-order valence-corrected chi connectivity index (χ1v) is 8.54. The molecule has 0 unspecified atom stereocenters. The smallest absolute Gasteiger partial charge is 0.399 e. The lowest BCUT2D eigenvalue weighted by atomic mass is 9.76. The maximum atomic E-state index is 6.19. The van der Waals surface area contributed by atoms with Gasteiger partial charge < -0.3 is 13.8 Å². The van der Waals surface area contributed by atoms with Gasteiger partial charge in [0.2, 0.25) is 0 Å². The van der Waals surface area contributed by atoms with E-state index in [0.29, 0.717) is 5.92 Å². The Balaban J connectivity index is 1.98. The number of aromatic nitrogens is 1. The minimum Gasteiger partial charge on any atom is -0.399 e. The summed E-state index contributed by atoms with van der Waals surface area (Å²) >= 11 is 0. The van der Waals surface area contributed by atoms with E-state index in [1.165, 1.54) is 5.56 Å². The van der Waals surface area contributed by atoms with Crippen LogP contribution in [0.4, 0.5) is 0 Å². The Morgan fingerprint density at radius 1 is 0.958 bits per heavy atom. The summed E-state index contributed by atoms with van der Waals surface area (Å²) in [6.07, 6.45) is 0. The average Bonchev–Trinajstić information content (AvgIpc) is 2.96. The van der Waals surface area contributed by atoms with Gasteiger partial charge in [0.1, 0.15) is 11.5 Å². The first-order chi connectivity index (χ1) is 11.1. The fraction of sp³-hybridized carbons (Fsp3) is 0.526. The van der Waals surface area contributed by atoms with E-state index in [1.807, 2.05) is 34.6 Å². The molecule has 128 valence electrons. The van der Waals surface area contributed by atoms with Gasteiger partial charge in [0.25, 0.3) is 0 Å². The largest absolute Gasteiger partial charge is 0.500 e. The second kappa shape index (κ2) is 5.75. The number of hydrogen-bond donors (Lipinski definition) is 0. The topological polar surface area (TPSA) is 44.5 Å². The molecule has 1 aromatic heterocycles. The van der Waals surface area contributed by atoms with Crippen LogP contribution < -0.4 is 5.46 Å². The molecule has 1 aliphatic heterocycles. The lowest BCUT2D eigenvalue weighted by Crippen LogP contribution is -2.41. The second-order valence-corrected chi connectivity index (χ2v) is 7.87. The molecule has 5 heteroatoms. The zero-order valence-corrected chi connectivity index (χ0v) is 15.6. The monoisotopic (exact) mass is 327 g/mol. The Kier molecular flexibility index (Phi) is 4.13. The lowest BCUT2D eigenvalue weighted by molar-refractivity contribution is 0.00578. The summed E-state index contributed by atoms with van der Waals surface area (Å²) in [4.78, 5) is 0. The molecule has 0 atom stereocenters. The van der Waals surface area contributed by atoms with Crippen LogP contribution in [0.3, 0.4) is 0 Å². The third-order valence-corrected chi connectivity index (χ3v) is 5.25. The Bertz CT molecular complexity index is 716. The molecule has 3 rings (SSSR count). The molecule has 0 N–H and O–H groups in total. The van der Waals surface area contributed by atoms with Crippen molar-refractivity contribution in [2.45, 2.75) is 65.6 Å². The van der Waals surface area contributed by atoms with Crippen LogP contribution in [0.2, 0.25) is 0 Å². The van der Waals surface area contributed by atoms with Gasteiger partial charge in [0.05, 0.1) is 16.7 Å². The zero-order valence-electron chi connectivity index (χ0n) is 15.6. The predicted octanol–water partition coefficient (Wildman–Crippen LogP) is 4.07. The predicted molar refractivity (Wildman–Crippen MR) is 96.5 cm³/mol. The third kappa shape index (κ3) is 2.80. The van der Waals surface area contributed by atoms with E-state index in [9.17, 15) is 0 Å². The number of benzene rings is 1. The van der Waals surface area contributed by atoms with Gasteiger partial charge in [-0.05, 0) is 46.1 Å². The van der Waals surface area contributed by atoms with Crippen LogP contribution >= 0.6 is 0 Å². The second-order valence-electron chi connectivity index (χ2n) is 7.87. The normalized spacial score (nSPS) is 19.2. The summed E-state index contributed by atoms with van der Waals surface area (Å²) in [5.74, 6) is 1.23. The number of rotatable bonds is 3. The van der Waals surface area contributed by atoms with Gasteiger partial charge in [-0.15, -0.1) is 0 Å². The Hall–Kier alpha value is -1.59. The van der Waals surface area contributed by atoms with Gasteiger partial charge in [-0.25, -0.2) is 0 Å². The van der Waals surface area contributed by atoms with E-state index in [2.05, 4.69) is 43.3 Å². The fourth-order valence-corrected chi connectivity index (χ4v) is 2.85. The van der Waals surface area contributed by atoms with Crippen molar-refractivity contribution < 1.29 is 13.8 Å². The summed E-state index contributed by atoms with van der Waals surface area (Å²) in [6, 6.07) is 8.44. The van der Waals surface area contributed by atoms with Gasteiger partial charge in [-0.3, -0.25) is 0 Å². The van der Waals surface area contributed by atoms with Crippen molar-refractivity contribution in [2.24, 2.45) is 0 Å². The van der Waals surface area contributed by atoms with E-state index in [-0.39, 0.29) is 11.2 Å². The molecule has 2 aromatic rings. The molecule has 4 nitrogen and oxygen atoms in total. The van der Waals surface area contributed by atoms with Gasteiger partial charge in [0, 0.05) is 5.56 Å². The molecule has 0 aliphatic carbocycles. The highest BCUT2D eigenvalue weighted by atomic mass is 16.7. The Morgan fingerprint density at radius 3 is 2.00 bits per heavy atom. The number of nitrogens with zero attached hydrogens (tertiary/aromatic N) is 1. The highest BCUT2D eigenvalue weighted by molar-refractivity contribution is 6.64. The van der Waals surface area contributed by atoms with Crippen molar-refractivity contribution in [1.29, 1.82) is 0 Å². The van der Waals surface area contributed by atoms with E-state index >= 15 is 0 Å². The van der Waals surface area contributed by atoms with Crippen LogP contribution in [-0.2, 0) is 9.31 Å². The van der Waals surface area contributed by atoms with Crippen LogP contribution in [0, 0.1) is 6.92 Å². The highest BCUT2D eigenvalue weighted by Crippen LogP contribution is 2.37. The average molecular weight is 327 g/mol. The molecule has 1 aromatic carbocycles. The van der Waals surface area contributed by atoms with Crippen molar-refractivity contribution in [3.05, 3.63) is 35.6 Å². The van der Waals surface area contributed by atoms with Crippen LogP contribution in [0.25, 0.3) is 11.3 Å². The van der Waals surface area contributed by atoms with E-state index in [0.717, 1.165) is 22.5 Å². The minimum absolute atomic E-state index is 0.389. The van der Waals surface area contributed by atoms with Gasteiger partial charge in [-0.2, -0.15) is 0 Å². The minimum atomic E-state index is -0.471. The Morgan fingerprint density at radius 2 is 1.50 bits per heavy atom. The van der Waals surface area contributed by atoms with E-state index < -0.39 is 7.12 Å². The summed E-state index contributed by atoms with van der Waals surface area (Å²) in [7, 11) is -0.471. The van der Waals surface area contributed by atoms with Crippen LogP contribution in [0.5, 0.6) is 0 Å². The summed E-state index contributed by atoms with van der Waals surface area (Å²) in [5.41, 5.74) is 3.21. The molecule has 1 fully saturated rings. The fourth-order valence-electron chi connectivity index (χ4n) is 2.85. The number of aryl methyl sites for hydroxylation is 1. The molecule has 0 amide bonds. The molecule has 1 aliphatic rings. The van der Waals surface area contributed by atoms with Crippen LogP contribution in [0.15, 0.2) is 28.8 Å². The Labute approximate surface area is 144 Å². The van der Waals surface area contributed by atoms with E-state index in [4.69, 9.17) is 13.8 Å². The molecule has 0 saturated carbocycles. The molecular formula is C19H26BNO3. The maximum Gasteiger partial charge on any atom is 0.500 e. The standard InChI is InChI=1S/C19H26BNO3/c1-12(2)14-8-10-15(11-9-14)17-16(13(3)22-21-17)20-23-18(4,5)19(6,7)24-20/h8-12H,1-7H3. The van der Waals surface area contributed by atoms with Crippen LogP contribution in [0.1, 0.15) is 58.8 Å². The van der Waals surface area contributed by atoms with Crippen molar-refractivity contribution in [3.8, 4) is 11.3 Å². The van der Waals surface area contributed by atoms with Crippen LogP contribution in [-0.4, -0.2) is 23.5 Å². The first-order valence-electron chi connectivity index (χ1n) is 8.54. The molecule has 24 heavy (non-hydrogen) atoms. The highest BCUT2D eigenvalue weighted by Gasteiger charge is 2.53. The summed E-state index contributed by atoms with van der Waals surface area (Å²) < 4.78 is 17.8.